The van der Waals surface area contributed by atoms with Crippen molar-refractivity contribution in [1.29, 1.82) is 0 Å². The maximum absolute atomic E-state index is 3.67. The first-order chi connectivity index (χ1) is 6.70. The quantitative estimate of drug-likeness (QED) is 0.537. The highest BCUT2D eigenvalue weighted by Gasteiger charge is 2.18. The van der Waals surface area contributed by atoms with Crippen molar-refractivity contribution >= 4 is 0 Å². The van der Waals surface area contributed by atoms with Crippen LogP contribution in [0.15, 0.2) is 11.6 Å². The Kier molecular flexibility index (Phi) is 5.24. The molecule has 1 fully saturated rings. The molecule has 1 nitrogen and oxygen atoms in total. The van der Waals surface area contributed by atoms with Gasteiger partial charge in [-0.25, -0.2) is 0 Å². The maximum atomic E-state index is 3.67. The molecule has 1 heteroatoms. The Morgan fingerprint density at radius 1 is 1.21 bits per heavy atom. The summed E-state index contributed by atoms with van der Waals surface area (Å²) in [5, 5.41) is 3.67. The summed E-state index contributed by atoms with van der Waals surface area (Å²) in [5.74, 6) is 0.864. The predicted molar refractivity (Wildman–Crippen MR) is 63.5 cm³/mol. The van der Waals surface area contributed by atoms with E-state index in [0.717, 1.165) is 18.5 Å². The van der Waals surface area contributed by atoms with Gasteiger partial charge in [-0.3, -0.25) is 0 Å². The van der Waals surface area contributed by atoms with Gasteiger partial charge in [0.05, 0.1) is 0 Å². The molecule has 1 saturated carbocycles. The first-order valence-corrected chi connectivity index (χ1v) is 6.07. The molecule has 0 aromatic carbocycles. The lowest BCUT2D eigenvalue weighted by atomic mass is 9.97. The van der Waals surface area contributed by atoms with Gasteiger partial charge in [-0.15, -0.1) is 0 Å². The first-order valence-electron chi connectivity index (χ1n) is 6.07. The minimum Gasteiger partial charge on any atom is -0.310 e. The van der Waals surface area contributed by atoms with Crippen LogP contribution in [0.2, 0.25) is 0 Å². The first kappa shape index (κ1) is 11.8. The molecular weight excluding hydrogens is 170 g/mol. The minimum atomic E-state index is 0.757. The lowest BCUT2D eigenvalue weighted by molar-refractivity contribution is 0.369. The second-order valence-electron chi connectivity index (χ2n) is 4.91. The van der Waals surface area contributed by atoms with E-state index in [1.54, 1.807) is 0 Å². The topological polar surface area (TPSA) is 12.0 Å². The summed E-state index contributed by atoms with van der Waals surface area (Å²) in [6.07, 6.45) is 9.35. The third-order valence-electron chi connectivity index (χ3n) is 3.25. The third-order valence-corrected chi connectivity index (χ3v) is 3.25. The van der Waals surface area contributed by atoms with Crippen LogP contribution in [-0.4, -0.2) is 12.6 Å². The van der Waals surface area contributed by atoms with E-state index in [-0.39, 0.29) is 0 Å². The Morgan fingerprint density at radius 2 is 1.93 bits per heavy atom. The van der Waals surface area contributed by atoms with Gasteiger partial charge in [0.25, 0.3) is 0 Å². The second-order valence-corrected chi connectivity index (χ2v) is 4.91. The zero-order valence-electron chi connectivity index (χ0n) is 9.97. The fourth-order valence-corrected chi connectivity index (χ4v) is 2.21. The number of hydrogen-bond donors (Lipinski definition) is 1. The Hall–Kier alpha value is -0.300. The average Bonchev–Trinajstić information content (AvgIpc) is 2.31. The standard InChI is InChI=1S/C13H25N/c1-11(2)9-10-14-13-8-6-4-5-7-12(13)3/h9,12-14H,4-8,10H2,1-3H3. The van der Waals surface area contributed by atoms with E-state index >= 15 is 0 Å². The van der Waals surface area contributed by atoms with E-state index < -0.39 is 0 Å². The maximum Gasteiger partial charge on any atom is 0.0140 e. The second kappa shape index (κ2) is 6.23. The molecule has 0 radical (unpaired) electrons. The highest BCUT2D eigenvalue weighted by atomic mass is 14.9. The molecule has 0 aliphatic heterocycles. The average molecular weight is 195 g/mol. The molecule has 0 aromatic rings. The number of allylic oxidation sites excluding steroid dienone is 1. The van der Waals surface area contributed by atoms with Gasteiger partial charge in [0, 0.05) is 12.6 Å². The zero-order chi connectivity index (χ0) is 10.4. The lowest BCUT2D eigenvalue weighted by Crippen LogP contribution is -2.34. The van der Waals surface area contributed by atoms with Crippen LogP contribution in [0.5, 0.6) is 0 Å². The van der Waals surface area contributed by atoms with Crippen molar-refractivity contribution in [2.45, 2.75) is 58.9 Å². The minimum absolute atomic E-state index is 0.757. The van der Waals surface area contributed by atoms with Crippen molar-refractivity contribution in [3.05, 3.63) is 11.6 Å². The van der Waals surface area contributed by atoms with Crippen LogP contribution in [0.25, 0.3) is 0 Å². The summed E-state index contributed by atoms with van der Waals surface area (Å²) in [7, 11) is 0. The number of rotatable bonds is 3. The van der Waals surface area contributed by atoms with Crippen molar-refractivity contribution in [3.8, 4) is 0 Å². The monoisotopic (exact) mass is 195 g/mol. The normalized spacial score (nSPS) is 28.2. The molecule has 1 aliphatic carbocycles. The van der Waals surface area contributed by atoms with Crippen LogP contribution in [0.4, 0.5) is 0 Å². The van der Waals surface area contributed by atoms with E-state index in [0.29, 0.717) is 0 Å². The summed E-state index contributed by atoms with van der Waals surface area (Å²) in [4.78, 5) is 0. The van der Waals surface area contributed by atoms with Crippen LogP contribution in [0.3, 0.4) is 0 Å². The molecule has 2 unspecified atom stereocenters. The van der Waals surface area contributed by atoms with E-state index in [1.165, 1.54) is 37.7 Å². The highest BCUT2D eigenvalue weighted by molar-refractivity contribution is 4.95. The van der Waals surface area contributed by atoms with Gasteiger partial charge in [0.2, 0.25) is 0 Å². The summed E-state index contributed by atoms with van der Waals surface area (Å²) in [5.41, 5.74) is 1.42. The van der Waals surface area contributed by atoms with E-state index in [2.05, 4.69) is 32.2 Å². The summed E-state index contributed by atoms with van der Waals surface area (Å²) in [6.45, 7) is 7.78. The molecule has 0 heterocycles. The number of nitrogens with one attached hydrogen (secondary N) is 1. The molecule has 1 rings (SSSR count). The summed E-state index contributed by atoms with van der Waals surface area (Å²) in [6, 6.07) is 0.757. The SMILES string of the molecule is CC(C)=CCNC1CCCCCC1C. The van der Waals surface area contributed by atoms with Gasteiger partial charge in [0.15, 0.2) is 0 Å². The molecule has 0 saturated heterocycles. The molecule has 2 atom stereocenters. The third kappa shape index (κ3) is 4.28. The fraction of sp³-hybridized carbons (Fsp3) is 0.846. The van der Waals surface area contributed by atoms with Gasteiger partial charge >= 0.3 is 0 Å². The molecule has 0 bridgehead atoms. The van der Waals surface area contributed by atoms with E-state index in [1.807, 2.05) is 0 Å². The molecular formula is C13H25N. The van der Waals surface area contributed by atoms with Crippen molar-refractivity contribution in [2.75, 3.05) is 6.54 Å². The Balaban J connectivity index is 2.29. The van der Waals surface area contributed by atoms with E-state index in [4.69, 9.17) is 0 Å². The molecule has 0 amide bonds. The van der Waals surface area contributed by atoms with Crippen molar-refractivity contribution < 1.29 is 0 Å². The van der Waals surface area contributed by atoms with Crippen LogP contribution < -0.4 is 5.32 Å². The van der Waals surface area contributed by atoms with Gasteiger partial charge in [-0.2, -0.15) is 0 Å². The summed E-state index contributed by atoms with van der Waals surface area (Å²) < 4.78 is 0. The lowest BCUT2D eigenvalue weighted by Gasteiger charge is -2.22. The van der Waals surface area contributed by atoms with Crippen LogP contribution in [0.1, 0.15) is 52.9 Å². The largest absolute Gasteiger partial charge is 0.310 e. The fourth-order valence-electron chi connectivity index (χ4n) is 2.21. The van der Waals surface area contributed by atoms with Crippen molar-refractivity contribution in [3.63, 3.8) is 0 Å². The van der Waals surface area contributed by atoms with Gasteiger partial charge in [-0.05, 0) is 32.6 Å². The molecule has 1 N–H and O–H groups in total. The smallest absolute Gasteiger partial charge is 0.0140 e. The van der Waals surface area contributed by atoms with E-state index in [9.17, 15) is 0 Å². The molecule has 0 aromatic heterocycles. The molecule has 14 heavy (non-hydrogen) atoms. The highest BCUT2D eigenvalue weighted by Crippen LogP contribution is 2.22. The van der Waals surface area contributed by atoms with Crippen LogP contribution in [-0.2, 0) is 0 Å². The van der Waals surface area contributed by atoms with Crippen molar-refractivity contribution in [2.24, 2.45) is 5.92 Å². The van der Waals surface area contributed by atoms with Gasteiger partial charge < -0.3 is 5.32 Å². The van der Waals surface area contributed by atoms with Crippen molar-refractivity contribution in [1.82, 2.24) is 5.32 Å². The predicted octanol–water partition coefficient (Wildman–Crippen LogP) is 3.51. The Morgan fingerprint density at radius 3 is 2.64 bits per heavy atom. The van der Waals surface area contributed by atoms with Crippen LogP contribution in [0, 0.1) is 5.92 Å². The Labute approximate surface area is 89.0 Å². The molecule has 1 aliphatic rings. The molecule has 0 spiro atoms. The number of hydrogen-bond acceptors (Lipinski definition) is 1. The Bertz CT molecular complexity index is 180. The zero-order valence-corrected chi connectivity index (χ0v) is 9.97. The summed E-state index contributed by atoms with van der Waals surface area (Å²) >= 11 is 0. The molecule has 82 valence electrons. The van der Waals surface area contributed by atoms with Gasteiger partial charge in [0.1, 0.15) is 0 Å². The van der Waals surface area contributed by atoms with Gasteiger partial charge in [-0.1, -0.05) is 37.8 Å². The van der Waals surface area contributed by atoms with Crippen LogP contribution >= 0.6 is 0 Å².